The summed E-state index contributed by atoms with van der Waals surface area (Å²) in [5, 5.41) is 0. The van der Waals surface area contributed by atoms with Crippen LogP contribution in [0.2, 0.25) is 0 Å². The number of benzene rings is 1. The molecule has 0 amide bonds. The van der Waals surface area contributed by atoms with Crippen LogP contribution in [0.25, 0.3) is 0 Å². The Morgan fingerprint density at radius 2 is 1.79 bits per heavy atom. The van der Waals surface area contributed by atoms with E-state index < -0.39 is 0 Å². The van der Waals surface area contributed by atoms with Crippen molar-refractivity contribution in [1.82, 2.24) is 0 Å². The molecule has 1 aromatic carbocycles. The molecule has 1 unspecified atom stereocenters. The fourth-order valence-corrected chi connectivity index (χ4v) is 2.59. The Morgan fingerprint density at radius 3 is 2.29 bits per heavy atom. The van der Waals surface area contributed by atoms with Gasteiger partial charge in [0.15, 0.2) is 0 Å². The first-order valence-corrected chi connectivity index (χ1v) is 5.88. The third kappa shape index (κ3) is 4.23. The summed E-state index contributed by atoms with van der Waals surface area (Å²) in [6.45, 7) is 4.41. The summed E-state index contributed by atoms with van der Waals surface area (Å²) >= 11 is 3.64. The number of halogens is 2. The average molecular weight is 259 g/mol. The molecular weight excluding hydrogens is 243 g/mol. The van der Waals surface area contributed by atoms with Crippen LogP contribution >= 0.6 is 15.9 Å². The van der Waals surface area contributed by atoms with E-state index in [4.69, 9.17) is 0 Å². The van der Waals surface area contributed by atoms with Gasteiger partial charge in [0.2, 0.25) is 0 Å². The Morgan fingerprint density at radius 1 is 1.21 bits per heavy atom. The van der Waals surface area contributed by atoms with Crippen LogP contribution in [-0.2, 0) is 6.42 Å². The van der Waals surface area contributed by atoms with Gasteiger partial charge in [0.05, 0.1) is 0 Å². The highest BCUT2D eigenvalue weighted by Crippen LogP contribution is 2.17. The molecule has 0 N–H and O–H groups in total. The van der Waals surface area contributed by atoms with Crippen molar-refractivity contribution in [2.75, 3.05) is 0 Å². The molecule has 0 nitrogen and oxygen atoms in total. The molecule has 0 saturated heterocycles. The van der Waals surface area contributed by atoms with E-state index in [0.717, 1.165) is 12.8 Å². The van der Waals surface area contributed by atoms with Crippen LogP contribution in [0.4, 0.5) is 4.39 Å². The van der Waals surface area contributed by atoms with E-state index in [2.05, 4.69) is 29.8 Å². The van der Waals surface area contributed by atoms with Gasteiger partial charge in [-0.15, -0.1) is 0 Å². The maximum absolute atomic E-state index is 12.6. The molecule has 0 fully saturated rings. The van der Waals surface area contributed by atoms with Crippen molar-refractivity contribution in [3.05, 3.63) is 35.6 Å². The van der Waals surface area contributed by atoms with E-state index in [1.807, 2.05) is 12.1 Å². The van der Waals surface area contributed by atoms with Gasteiger partial charge in [0.1, 0.15) is 5.82 Å². The Labute approximate surface area is 93.7 Å². The molecule has 0 radical (unpaired) electrons. The van der Waals surface area contributed by atoms with Gasteiger partial charge in [-0.3, -0.25) is 0 Å². The maximum atomic E-state index is 12.6. The van der Waals surface area contributed by atoms with Gasteiger partial charge in [0.25, 0.3) is 0 Å². The Hall–Kier alpha value is -0.370. The first-order chi connectivity index (χ1) is 6.58. The van der Waals surface area contributed by atoms with E-state index >= 15 is 0 Å². The summed E-state index contributed by atoms with van der Waals surface area (Å²) in [7, 11) is 0. The van der Waals surface area contributed by atoms with Crippen LogP contribution in [0.1, 0.15) is 25.8 Å². The first-order valence-electron chi connectivity index (χ1n) is 4.96. The number of alkyl halides is 1. The normalized spacial score (nSPS) is 13.2. The topological polar surface area (TPSA) is 0 Å². The third-order valence-corrected chi connectivity index (χ3v) is 2.80. The molecule has 0 spiro atoms. The molecule has 2 heteroatoms. The fraction of sp³-hybridized carbons (Fsp3) is 0.500. The van der Waals surface area contributed by atoms with Gasteiger partial charge in [-0.1, -0.05) is 41.9 Å². The lowest BCUT2D eigenvalue weighted by Gasteiger charge is -2.11. The van der Waals surface area contributed by atoms with Crippen molar-refractivity contribution in [1.29, 1.82) is 0 Å². The van der Waals surface area contributed by atoms with E-state index in [9.17, 15) is 4.39 Å². The summed E-state index contributed by atoms with van der Waals surface area (Å²) in [5.41, 5.74) is 1.19. The molecule has 1 rings (SSSR count). The smallest absolute Gasteiger partial charge is 0.123 e. The summed E-state index contributed by atoms with van der Waals surface area (Å²) < 4.78 is 12.6. The van der Waals surface area contributed by atoms with Crippen LogP contribution in [0, 0.1) is 11.7 Å². The van der Waals surface area contributed by atoms with Gasteiger partial charge >= 0.3 is 0 Å². The minimum atomic E-state index is -0.163. The molecule has 0 aliphatic carbocycles. The second-order valence-corrected chi connectivity index (χ2v) is 5.35. The molecule has 0 aliphatic heterocycles. The monoisotopic (exact) mass is 258 g/mol. The molecule has 0 bridgehead atoms. The lowest BCUT2D eigenvalue weighted by atomic mass is 10.0. The summed E-state index contributed by atoms with van der Waals surface area (Å²) in [6, 6.07) is 6.74. The largest absolute Gasteiger partial charge is 0.207 e. The predicted molar refractivity (Wildman–Crippen MR) is 62.3 cm³/mol. The Balaban J connectivity index is 2.47. The van der Waals surface area contributed by atoms with Crippen LogP contribution in [0.3, 0.4) is 0 Å². The molecule has 0 saturated carbocycles. The average Bonchev–Trinajstić information content (AvgIpc) is 2.07. The van der Waals surface area contributed by atoms with Crippen molar-refractivity contribution < 1.29 is 4.39 Å². The molecule has 78 valence electrons. The third-order valence-electron chi connectivity index (χ3n) is 2.10. The van der Waals surface area contributed by atoms with Crippen LogP contribution < -0.4 is 0 Å². The minimum Gasteiger partial charge on any atom is -0.207 e. The molecule has 14 heavy (non-hydrogen) atoms. The highest BCUT2D eigenvalue weighted by Gasteiger charge is 2.07. The van der Waals surface area contributed by atoms with Crippen molar-refractivity contribution in [3.8, 4) is 0 Å². The van der Waals surface area contributed by atoms with Gasteiger partial charge in [0, 0.05) is 4.83 Å². The zero-order chi connectivity index (χ0) is 10.6. The zero-order valence-electron chi connectivity index (χ0n) is 8.63. The van der Waals surface area contributed by atoms with E-state index in [1.54, 1.807) is 0 Å². The van der Waals surface area contributed by atoms with Crippen molar-refractivity contribution in [2.45, 2.75) is 31.5 Å². The zero-order valence-corrected chi connectivity index (χ0v) is 10.2. The van der Waals surface area contributed by atoms with Gasteiger partial charge in [-0.05, 0) is 36.5 Å². The lowest BCUT2D eigenvalue weighted by molar-refractivity contribution is 0.570. The Kier molecular flexibility index (Phi) is 4.59. The molecule has 0 heterocycles. The SMILES string of the molecule is CC(C)CC(Br)Cc1ccc(F)cc1. The second kappa shape index (κ2) is 5.50. The molecule has 1 atom stereocenters. The number of rotatable bonds is 4. The van der Waals surface area contributed by atoms with Crippen LogP contribution in [-0.4, -0.2) is 4.83 Å². The molecule has 0 aliphatic rings. The van der Waals surface area contributed by atoms with E-state index in [0.29, 0.717) is 10.7 Å². The standard InChI is InChI=1S/C12H16BrF/c1-9(2)7-11(13)8-10-3-5-12(14)6-4-10/h3-6,9,11H,7-8H2,1-2H3. The highest BCUT2D eigenvalue weighted by atomic mass is 79.9. The quantitative estimate of drug-likeness (QED) is 0.711. The molecule has 0 aromatic heterocycles. The van der Waals surface area contributed by atoms with Gasteiger partial charge in [-0.2, -0.15) is 0 Å². The van der Waals surface area contributed by atoms with Crippen LogP contribution in [0.5, 0.6) is 0 Å². The maximum Gasteiger partial charge on any atom is 0.123 e. The minimum absolute atomic E-state index is 0.163. The first kappa shape index (κ1) is 11.7. The number of hydrogen-bond donors (Lipinski definition) is 0. The predicted octanol–water partition coefficient (Wildman–Crippen LogP) is 4.18. The number of hydrogen-bond acceptors (Lipinski definition) is 0. The van der Waals surface area contributed by atoms with Gasteiger partial charge < -0.3 is 0 Å². The van der Waals surface area contributed by atoms with Crippen molar-refractivity contribution in [2.24, 2.45) is 5.92 Å². The highest BCUT2D eigenvalue weighted by molar-refractivity contribution is 9.09. The van der Waals surface area contributed by atoms with Crippen molar-refractivity contribution in [3.63, 3.8) is 0 Å². The van der Waals surface area contributed by atoms with Crippen LogP contribution in [0.15, 0.2) is 24.3 Å². The fourth-order valence-electron chi connectivity index (χ4n) is 1.47. The Bertz CT molecular complexity index is 266. The summed E-state index contributed by atoms with van der Waals surface area (Å²) in [5.74, 6) is 0.531. The summed E-state index contributed by atoms with van der Waals surface area (Å²) in [4.78, 5) is 0.493. The molecular formula is C12H16BrF. The van der Waals surface area contributed by atoms with E-state index in [1.165, 1.54) is 17.7 Å². The second-order valence-electron chi connectivity index (χ2n) is 4.06. The van der Waals surface area contributed by atoms with Crippen molar-refractivity contribution >= 4 is 15.9 Å². The van der Waals surface area contributed by atoms with Gasteiger partial charge in [-0.25, -0.2) is 4.39 Å². The molecule has 1 aromatic rings. The summed E-state index contributed by atoms with van der Waals surface area (Å²) in [6.07, 6.45) is 2.12. The lowest BCUT2D eigenvalue weighted by Crippen LogP contribution is -2.06. The van der Waals surface area contributed by atoms with E-state index in [-0.39, 0.29) is 5.82 Å².